The number of nitrogens with zero attached hydrogens (tertiary/aromatic N) is 1. The van der Waals surface area contributed by atoms with Gasteiger partial charge in [-0.25, -0.2) is 0 Å². The van der Waals surface area contributed by atoms with Crippen LogP contribution in [0.4, 0.5) is 5.69 Å². The minimum absolute atomic E-state index is 0.0279. The lowest BCUT2D eigenvalue weighted by atomic mass is 10.0. The summed E-state index contributed by atoms with van der Waals surface area (Å²) in [6, 6.07) is 9.67. The third-order valence-corrected chi connectivity index (χ3v) is 4.67. The van der Waals surface area contributed by atoms with Crippen molar-refractivity contribution in [3.63, 3.8) is 0 Å². The summed E-state index contributed by atoms with van der Waals surface area (Å²) in [7, 11) is 0. The molecule has 2 aromatic carbocycles. The Kier molecular flexibility index (Phi) is 3.33. The second-order valence-electron chi connectivity index (χ2n) is 5.38. The minimum Gasteiger partial charge on any atom is -0.454 e. The summed E-state index contributed by atoms with van der Waals surface area (Å²) in [5.74, 6) is 1.53. The molecule has 2 N–H and O–H groups in total. The molecule has 0 fully saturated rings. The summed E-state index contributed by atoms with van der Waals surface area (Å²) < 4.78 is 10.8. The van der Waals surface area contributed by atoms with Gasteiger partial charge in [0.25, 0.3) is 0 Å². The molecule has 0 bridgehead atoms. The third-order valence-electron chi connectivity index (χ3n) is 4.14. The Morgan fingerprint density at radius 2 is 1.95 bits per heavy atom. The number of fused-ring (bicyclic) bond motifs is 2. The SMILES string of the molecule is NCC1c2c(Cl)cc(Cl)cc2CN1c1ccc2c(c1)OCO2. The molecule has 1 unspecified atom stereocenters. The summed E-state index contributed by atoms with van der Waals surface area (Å²) in [6.07, 6.45) is 0. The summed E-state index contributed by atoms with van der Waals surface area (Å²) >= 11 is 12.5. The van der Waals surface area contributed by atoms with Gasteiger partial charge in [-0.3, -0.25) is 0 Å². The van der Waals surface area contributed by atoms with Gasteiger partial charge in [0.05, 0.1) is 6.04 Å². The van der Waals surface area contributed by atoms with Crippen molar-refractivity contribution < 1.29 is 9.47 Å². The maximum Gasteiger partial charge on any atom is 0.231 e. The van der Waals surface area contributed by atoms with Crippen LogP contribution in [0.15, 0.2) is 30.3 Å². The van der Waals surface area contributed by atoms with E-state index in [1.54, 1.807) is 6.07 Å². The first-order chi connectivity index (χ1) is 10.7. The van der Waals surface area contributed by atoms with Crippen LogP contribution >= 0.6 is 23.2 Å². The molecule has 2 heterocycles. The van der Waals surface area contributed by atoms with Crippen LogP contribution in [-0.2, 0) is 6.54 Å². The van der Waals surface area contributed by atoms with Gasteiger partial charge in [0.15, 0.2) is 11.5 Å². The van der Waals surface area contributed by atoms with E-state index < -0.39 is 0 Å². The molecule has 2 aromatic rings. The predicted molar refractivity (Wildman–Crippen MR) is 87.0 cm³/mol. The van der Waals surface area contributed by atoms with Crippen LogP contribution in [0.25, 0.3) is 0 Å². The third kappa shape index (κ3) is 2.10. The van der Waals surface area contributed by atoms with Gasteiger partial charge in [0, 0.05) is 34.9 Å². The van der Waals surface area contributed by atoms with E-state index in [1.165, 1.54) is 0 Å². The normalized spacial score (nSPS) is 18.7. The Labute approximate surface area is 138 Å². The number of rotatable bonds is 2. The first kappa shape index (κ1) is 14.0. The van der Waals surface area contributed by atoms with Crippen molar-refractivity contribution in [2.75, 3.05) is 18.2 Å². The van der Waals surface area contributed by atoms with E-state index in [-0.39, 0.29) is 12.8 Å². The summed E-state index contributed by atoms with van der Waals surface area (Å²) in [5, 5.41) is 1.31. The Morgan fingerprint density at radius 3 is 2.77 bits per heavy atom. The number of hydrogen-bond acceptors (Lipinski definition) is 4. The van der Waals surface area contributed by atoms with Crippen molar-refractivity contribution in [3.05, 3.63) is 51.5 Å². The number of hydrogen-bond donors (Lipinski definition) is 1. The summed E-state index contributed by atoms with van der Waals surface area (Å²) in [4.78, 5) is 2.22. The number of anilines is 1. The molecule has 2 aliphatic heterocycles. The monoisotopic (exact) mass is 336 g/mol. The second-order valence-corrected chi connectivity index (χ2v) is 6.22. The molecular weight excluding hydrogens is 323 g/mol. The Bertz CT molecular complexity index is 751. The van der Waals surface area contributed by atoms with Gasteiger partial charge in [-0.05, 0) is 35.4 Å². The molecule has 0 saturated heterocycles. The molecule has 6 heteroatoms. The van der Waals surface area contributed by atoms with Gasteiger partial charge in [0.1, 0.15) is 0 Å². The fourth-order valence-corrected chi connectivity index (χ4v) is 3.83. The second kappa shape index (κ2) is 5.23. The molecule has 114 valence electrons. The van der Waals surface area contributed by atoms with E-state index in [4.69, 9.17) is 38.4 Å². The van der Waals surface area contributed by atoms with Crippen molar-refractivity contribution in [1.82, 2.24) is 0 Å². The maximum atomic E-state index is 6.38. The van der Waals surface area contributed by atoms with E-state index in [0.29, 0.717) is 16.6 Å². The van der Waals surface area contributed by atoms with Crippen LogP contribution in [0.5, 0.6) is 11.5 Å². The Hall–Kier alpha value is -1.62. The molecule has 0 aliphatic carbocycles. The lowest BCUT2D eigenvalue weighted by Gasteiger charge is -2.26. The molecule has 0 radical (unpaired) electrons. The molecule has 0 saturated carbocycles. The number of ether oxygens (including phenoxy) is 2. The fraction of sp³-hybridized carbons (Fsp3) is 0.250. The van der Waals surface area contributed by atoms with Gasteiger partial charge in [0.2, 0.25) is 6.79 Å². The van der Waals surface area contributed by atoms with E-state index in [9.17, 15) is 0 Å². The predicted octanol–water partition coefficient (Wildman–Crippen LogP) is 3.74. The van der Waals surface area contributed by atoms with Crippen LogP contribution in [0.1, 0.15) is 17.2 Å². The highest BCUT2D eigenvalue weighted by Crippen LogP contribution is 2.44. The molecule has 4 nitrogen and oxygen atoms in total. The van der Waals surface area contributed by atoms with Gasteiger partial charge in [-0.15, -0.1) is 0 Å². The average molecular weight is 337 g/mol. The van der Waals surface area contributed by atoms with Crippen molar-refractivity contribution in [2.24, 2.45) is 5.73 Å². The van der Waals surface area contributed by atoms with Crippen molar-refractivity contribution in [2.45, 2.75) is 12.6 Å². The minimum atomic E-state index is 0.0279. The lowest BCUT2D eigenvalue weighted by molar-refractivity contribution is 0.174. The van der Waals surface area contributed by atoms with Crippen LogP contribution in [0, 0.1) is 0 Å². The van der Waals surface area contributed by atoms with E-state index in [1.807, 2.05) is 24.3 Å². The molecule has 2 aliphatic rings. The summed E-state index contributed by atoms with van der Waals surface area (Å²) in [6.45, 7) is 1.46. The van der Waals surface area contributed by atoms with Crippen LogP contribution in [0.3, 0.4) is 0 Å². The number of benzene rings is 2. The van der Waals surface area contributed by atoms with Crippen molar-refractivity contribution >= 4 is 28.9 Å². The standard InChI is InChI=1S/C16H14Cl2N2O2/c17-10-3-9-7-20(13(6-19)16(9)12(18)4-10)11-1-2-14-15(5-11)22-8-21-14/h1-5,13H,6-8,19H2. The molecule has 0 aromatic heterocycles. The first-order valence-electron chi connectivity index (χ1n) is 7.01. The zero-order valence-corrected chi connectivity index (χ0v) is 13.2. The van der Waals surface area contributed by atoms with Crippen molar-refractivity contribution in [1.29, 1.82) is 0 Å². The van der Waals surface area contributed by atoms with Gasteiger partial charge in [-0.2, -0.15) is 0 Å². The van der Waals surface area contributed by atoms with E-state index in [0.717, 1.165) is 34.9 Å². The molecule has 0 amide bonds. The van der Waals surface area contributed by atoms with E-state index in [2.05, 4.69) is 4.90 Å². The number of nitrogens with two attached hydrogens (primary N) is 1. The molecule has 1 atom stereocenters. The molecular formula is C16H14Cl2N2O2. The van der Waals surface area contributed by atoms with Crippen LogP contribution < -0.4 is 20.1 Å². The zero-order chi connectivity index (χ0) is 15.3. The largest absolute Gasteiger partial charge is 0.454 e. The smallest absolute Gasteiger partial charge is 0.231 e. The maximum absolute atomic E-state index is 6.38. The highest BCUT2D eigenvalue weighted by Gasteiger charge is 2.32. The molecule has 4 rings (SSSR count). The first-order valence-corrected chi connectivity index (χ1v) is 7.77. The quantitative estimate of drug-likeness (QED) is 0.907. The average Bonchev–Trinajstić information content (AvgIpc) is 3.09. The lowest BCUT2D eigenvalue weighted by Crippen LogP contribution is -2.27. The Balaban J connectivity index is 1.76. The zero-order valence-electron chi connectivity index (χ0n) is 11.7. The van der Waals surface area contributed by atoms with Crippen LogP contribution in [0.2, 0.25) is 10.0 Å². The highest BCUT2D eigenvalue weighted by atomic mass is 35.5. The summed E-state index contributed by atoms with van der Waals surface area (Å²) in [5.41, 5.74) is 9.22. The molecule has 22 heavy (non-hydrogen) atoms. The van der Waals surface area contributed by atoms with Gasteiger partial charge < -0.3 is 20.1 Å². The highest BCUT2D eigenvalue weighted by molar-refractivity contribution is 6.35. The molecule has 0 spiro atoms. The topological polar surface area (TPSA) is 47.7 Å². The Morgan fingerprint density at radius 1 is 1.14 bits per heavy atom. The van der Waals surface area contributed by atoms with Crippen LogP contribution in [-0.4, -0.2) is 13.3 Å². The van der Waals surface area contributed by atoms with Gasteiger partial charge >= 0.3 is 0 Å². The fourth-order valence-electron chi connectivity index (χ4n) is 3.17. The van der Waals surface area contributed by atoms with Crippen molar-refractivity contribution in [3.8, 4) is 11.5 Å². The van der Waals surface area contributed by atoms with E-state index >= 15 is 0 Å². The number of halogens is 2. The van der Waals surface area contributed by atoms with Gasteiger partial charge in [-0.1, -0.05) is 23.2 Å².